The standard InChI is InChI=1S/C16H29N3O4/c1-3-18(12-14(20)17-16(22)23-4-2)13-15(21)19-10-8-6-5-7-9-11-19/h3-13H2,1-2H3,(H,17,20,22). The Hall–Kier alpha value is -1.63. The van der Waals surface area contributed by atoms with Gasteiger partial charge in [0.25, 0.3) is 0 Å². The predicted molar refractivity (Wildman–Crippen MR) is 86.9 cm³/mol. The first-order chi connectivity index (χ1) is 11.1. The number of nitrogens with zero attached hydrogens (tertiary/aromatic N) is 2. The zero-order chi connectivity index (χ0) is 17.1. The first-order valence-electron chi connectivity index (χ1n) is 8.53. The van der Waals surface area contributed by atoms with Crippen LogP contribution in [0.1, 0.15) is 46.0 Å². The molecule has 1 N–H and O–H groups in total. The number of carbonyl (C=O) groups is 3. The fourth-order valence-corrected chi connectivity index (χ4v) is 2.59. The third-order valence-corrected chi connectivity index (χ3v) is 3.90. The van der Waals surface area contributed by atoms with Crippen LogP contribution in [0, 0.1) is 0 Å². The van der Waals surface area contributed by atoms with Crippen molar-refractivity contribution in [3.05, 3.63) is 0 Å². The summed E-state index contributed by atoms with van der Waals surface area (Å²) in [5.41, 5.74) is 0. The molecule has 132 valence electrons. The molecule has 0 unspecified atom stereocenters. The molecule has 7 nitrogen and oxygen atoms in total. The van der Waals surface area contributed by atoms with Gasteiger partial charge in [0, 0.05) is 13.1 Å². The molecule has 1 aliphatic rings. The van der Waals surface area contributed by atoms with E-state index in [1.165, 1.54) is 19.3 Å². The summed E-state index contributed by atoms with van der Waals surface area (Å²) in [6.07, 6.45) is 4.93. The second-order valence-electron chi connectivity index (χ2n) is 5.72. The smallest absolute Gasteiger partial charge is 0.413 e. The molecule has 0 aromatic carbocycles. The van der Waals surface area contributed by atoms with E-state index in [-0.39, 0.29) is 25.6 Å². The minimum Gasteiger partial charge on any atom is -0.450 e. The monoisotopic (exact) mass is 327 g/mol. The van der Waals surface area contributed by atoms with Gasteiger partial charge >= 0.3 is 6.09 Å². The fourth-order valence-electron chi connectivity index (χ4n) is 2.59. The van der Waals surface area contributed by atoms with Crippen molar-refractivity contribution >= 4 is 17.9 Å². The Labute approximate surface area is 138 Å². The van der Waals surface area contributed by atoms with Gasteiger partial charge in [0.2, 0.25) is 11.8 Å². The second-order valence-corrected chi connectivity index (χ2v) is 5.72. The first-order valence-corrected chi connectivity index (χ1v) is 8.53. The molecule has 1 heterocycles. The highest BCUT2D eigenvalue weighted by Gasteiger charge is 2.19. The van der Waals surface area contributed by atoms with Gasteiger partial charge in [-0.2, -0.15) is 0 Å². The van der Waals surface area contributed by atoms with Gasteiger partial charge in [-0.3, -0.25) is 19.8 Å². The highest BCUT2D eigenvalue weighted by molar-refractivity contribution is 5.93. The van der Waals surface area contributed by atoms with Crippen LogP contribution in [0.4, 0.5) is 4.79 Å². The number of hydrogen-bond acceptors (Lipinski definition) is 5. The second kappa shape index (κ2) is 11.0. The largest absolute Gasteiger partial charge is 0.450 e. The van der Waals surface area contributed by atoms with Crippen LogP contribution < -0.4 is 5.32 Å². The zero-order valence-corrected chi connectivity index (χ0v) is 14.3. The summed E-state index contributed by atoms with van der Waals surface area (Å²) in [6, 6.07) is 0. The average Bonchev–Trinajstić information content (AvgIpc) is 2.45. The zero-order valence-electron chi connectivity index (χ0n) is 14.3. The number of imide groups is 1. The minimum absolute atomic E-state index is 0.00882. The number of nitrogens with one attached hydrogen (secondary N) is 1. The van der Waals surface area contributed by atoms with Crippen LogP contribution in [0.2, 0.25) is 0 Å². The number of alkyl carbamates (subject to hydrolysis) is 1. The van der Waals surface area contributed by atoms with Gasteiger partial charge < -0.3 is 9.64 Å². The van der Waals surface area contributed by atoms with Crippen molar-refractivity contribution in [1.29, 1.82) is 0 Å². The van der Waals surface area contributed by atoms with E-state index in [9.17, 15) is 14.4 Å². The van der Waals surface area contributed by atoms with E-state index in [1.54, 1.807) is 11.8 Å². The van der Waals surface area contributed by atoms with Crippen LogP contribution in [0.15, 0.2) is 0 Å². The average molecular weight is 327 g/mol. The molecule has 23 heavy (non-hydrogen) atoms. The SMILES string of the molecule is CCOC(=O)NC(=O)CN(CC)CC(=O)N1CCCCCCC1. The molecule has 0 aromatic rings. The van der Waals surface area contributed by atoms with Crippen LogP contribution in [0.25, 0.3) is 0 Å². The summed E-state index contributed by atoms with van der Waals surface area (Å²) in [5.74, 6) is -0.400. The molecule has 1 aliphatic heterocycles. The maximum absolute atomic E-state index is 12.4. The van der Waals surface area contributed by atoms with E-state index in [2.05, 4.69) is 10.1 Å². The molecule has 1 saturated heterocycles. The van der Waals surface area contributed by atoms with E-state index in [4.69, 9.17) is 0 Å². The van der Waals surface area contributed by atoms with Gasteiger partial charge in [-0.05, 0) is 26.3 Å². The molecular formula is C16H29N3O4. The number of carbonyl (C=O) groups excluding carboxylic acids is 3. The van der Waals surface area contributed by atoms with Crippen molar-refractivity contribution < 1.29 is 19.1 Å². The summed E-state index contributed by atoms with van der Waals surface area (Å²) in [7, 11) is 0. The van der Waals surface area contributed by atoms with Gasteiger partial charge in [0.1, 0.15) is 0 Å². The Kier molecular flexibility index (Phi) is 9.28. The summed E-state index contributed by atoms with van der Waals surface area (Å²) in [5, 5.41) is 2.15. The summed E-state index contributed by atoms with van der Waals surface area (Å²) >= 11 is 0. The topological polar surface area (TPSA) is 79.0 Å². The molecule has 0 bridgehead atoms. The van der Waals surface area contributed by atoms with Gasteiger partial charge in [0.05, 0.1) is 19.7 Å². The van der Waals surface area contributed by atoms with Crippen LogP contribution in [-0.2, 0) is 14.3 Å². The quantitative estimate of drug-likeness (QED) is 0.797. The number of hydrogen-bond donors (Lipinski definition) is 1. The Morgan fingerprint density at radius 1 is 1.00 bits per heavy atom. The van der Waals surface area contributed by atoms with Gasteiger partial charge in [0.15, 0.2) is 0 Å². The lowest BCUT2D eigenvalue weighted by Gasteiger charge is -2.27. The molecule has 0 aliphatic carbocycles. The molecule has 0 spiro atoms. The first kappa shape index (κ1) is 19.4. The summed E-state index contributed by atoms with van der Waals surface area (Å²) < 4.78 is 4.67. The van der Waals surface area contributed by atoms with E-state index >= 15 is 0 Å². The highest BCUT2D eigenvalue weighted by Crippen LogP contribution is 2.10. The van der Waals surface area contributed by atoms with Gasteiger partial charge in [-0.1, -0.05) is 26.2 Å². The van der Waals surface area contributed by atoms with Crippen molar-refractivity contribution in [2.45, 2.75) is 46.0 Å². The number of rotatable bonds is 6. The van der Waals surface area contributed by atoms with Crippen LogP contribution in [-0.4, -0.2) is 67.0 Å². The molecular weight excluding hydrogens is 298 g/mol. The molecule has 3 amide bonds. The summed E-state index contributed by atoms with van der Waals surface area (Å²) in [4.78, 5) is 39.0. The molecule has 0 saturated carbocycles. The Morgan fingerprint density at radius 2 is 1.61 bits per heavy atom. The van der Waals surface area contributed by atoms with E-state index in [0.717, 1.165) is 25.9 Å². The maximum Gasteiger partial charge on any atom is 0.413 e. The van der Waals surface area contributed by atoms with Crippen LogP contribution in [0.3, 0.4) is 0 Å². The van der Waals surface area contributed by atoms with Crippen LogP contribution >= 0.6 is 0 Å². The number of amides is 3. The third kappa shape index (κ3) is 7.97. The van der Waals surface area contributed by atoms with Crippen molar-refractivity contribution in [2.24, 2.45) is 0 Å². The van der Waals surface area contributed by atoms with Crippen molar-refractivity contribution in [3.8, 4) is 0 Å². The third-order valence-electron chi connectivity index (χ3n) is 3.90. The van der Waals surface area contributed by atoms with Gasteiger partial charge in [-0.15, -0.1) is 0 Å². The van der Waals surface area contributed by atoms with E-state index in [1.807, 2.05) is 11.8 Å². The summed E-state index contributed by atoms with van der Waals surface area (Å²) in [6.45, 7) is 6.14. The lowest BCUT2D eigenvalue weighted by atomic mass is 10.1. The van der Waals surface area contributed by atoms with E-state index < -0.39 is 12.0 Å². The predicted octanol–water partition coefficient (Wildman–Crippen LogP) is 1.37. The molecule has 0 atom stereocenters. The van der Waals surface area contributed by atoms with Crippen molar-refractivity contribution in [3.63, 3.8) is 0 Å². The number of likely N-dealkylation sites (N-methyl/N-ethyl adjacent to an activating group) is 1. The Balaban J connectivity index is 2.42. The highest BCUT2D eigenvalue weighted by atomic mass is 16.5. The molecule has 1 rings (SSSR count). The molecule has 0 radical (unpaired) electrons. The normalized spacial score (nSPS) is 15.7. The minimum atomic E-state index is -0.747. The lowest BCUT2D eigenvalue weighted by molar-refractivity contribution is -0.133. The Bertz CT molecular complexity index is 393. The lowest BCUT2D eigenvalue weighted by Crippen LogP contribution is -2.46. The van der Waals surface area contributed by atoms with Gasteiger partial charge in [-0.25, -0.2) is 4.79 Å². The number of ether oxygens (including phenoxy) is 1. The molecule has 7 heteroatoms. The van der Waals surface area contributed by atoms with Crippen LogP contribution in [0.5, 0.6) is 0 Å². The van der Waals surface area contributed by atoms with Crippen molar-refractivity contribution in [2.75, 3.05) is 39.3 Å². The molecule has 0 aromatic heterocycles. The maximum atomic E-state index is 12.4. The van der Waals surface area contributed by atoms with Crippen molar-refractivity contribution in [1.82, 2.24) is 15.1 Å². The Morgan fingerprint density at radius 3 is 2.17 bits per heavy atom. The number of likely N-dealkylation sites (tertiary alicyclic amines) is 1. The fraction of sp³-hybridized carbons (Fsp3) is 0.812. The van der Waals surface area contributed by atoms with E-state index in [0.29, 0.717) is 6.54 Å². The molecule has 1 fully saturated rings.